The van der Waals surface area contributed by atoms with Gasteiger partial charge in [-0.3, -0.25) is 14.6 Å². The van der Waals surface area contributed by atoms with E-state index in [1.54, 1.807) is 30.6 Å². The third kappa shape index (κ3) is 5.07. The second-order valence-electron chi connectivity index (χ2n) is 6.79. The van der Waals surface area contributed by atoms with Gasteiger partial charge >= 0.3 is 0 Å². The van der Waals surface area contributed by atoms with Crippen LogP contribution in [-0.4, -0.2) is 23.3 Å². The minimum absolute atomic E-state index is 0.0967. The Balaban J connectivity index is 1.77. The van der Waals surface area contributed by atoms with E-state index in [9.17, 15) is 14.0 Å². The highest BCUT2D eigenvalue weighted by Crippen LogP contribution is 2.31. The third-order valence-corrected chi connectivity index (χ3v) is 4.70. The molecule has 150 valence electrons. The first-order valence-corrected chi connectivity index (χ1v) is 9.44. The van der Waals surface area contributed by atoms with Crippen LogP contribution < -0.4 is 16.0 Å². The van der Waals surface area contributed by atoms with Gasteiger partial charge in [-0.1, -0.05) is 13.8 Å². The molecule has 0 spiro atoms. The van der Waals surface area contributed by atoms with E-state index in [1.165, 1.54) is 12.1 Å². The van der Waals surface area contributed by atoms with E-state index >= 15 is 0 Å². The first-order chi connectivity index (χ1) is 14.0. The van der Waals surface area contributed by atoms with Crippen molar-refractivity contribution in [2.24, 2.45) is 5.92 Å². The van der Waals surface area contributed by atoms with E-state index in [-0.39, 0.29) is 30.1 Å². The maximum Gasteiger partial charge on any atom is 0.243 e. The Bertz CT molecular complexity index is 1020. The summed E-state index contributed by atoms with van der Waals surface area (Å²) in [6.45, 7) is 3.64. The van der Waals surface area contributed by atoms with Crippen molar-refractivity contribution < 1.29 is 14.0 Å². The Labute approximate surface area is 168 Å². The average Bonchev–Trinajstić information content (AvgIpc) is 2.74. The third-order valence-electron chi connectivity index (χ3n) is 4.70. The maximum atomic E-state index is 13.1. The molecule has 0 saturated heterocycles. The van der Waals surface area contributed by atoms with Gasteiger partial charge in [-0.05, 0) is 48.9 Å². The quantitative estimate of drug-likeness (QED) is 0.560. The van der Waals surface area contributed by atoms with Gasteiger partial charge in [-0.2, -0.15) is 0 Å². The first kappa shape index (κ1) is 20.3. The molecule has 3 aromatic rings. The fraction of sp³-hybridized carbons (Fsp3) is 0.227. The number of nitrogens with zero attached hydrogens (tertiary/aromatic N) is 1. The molecule has 0 aliphatic heterocycles. The van der Waals surface area contributed by atoms with Crippen LogP contribution in [-0.2, 0) is 9.59 Å². The molecule has 0 bridgehead atoms. The van der Waals surface area contributed by atoms with Gasteiger partial charge in [0.1, 0.15) is 5.82 Å². The summed E-state index contributed by atoms with van der Waals surface area (Å²) in [7, 11) is 0. The van der Waals surface area contributed by atoms with Crippen LogP contribution in [0.4, 0.5) is 21.5 Å². The number of hydrogen-bond acceptors (Lipinski definition) is 4. The smallest absolute Gasteiger partial charge is 0.243 e. The Morgan fingerprint density at radius 3 is 2.48 bits per heavy atom. The van der Waals surface area contributed by atoms with Crippen LogP contribution in [0.1, 0.15) is 20.3 Å². The molecule has 7 heteroatoms. The highest BCUT2D eigenvalue weighted by Gasteiger charge is 2.13. The van der Waals surface area contributed by atoms with Crippen molar-refractivity contribution in [3.63, 3.8) is 0 Å². The highest BCUT2D eigenvalue weighted by atomic mass is 19.1. The van der Waals surface area contributed by atoms with E-state index in [4.69, 9.17) is 0 Å². The Kier molecular flexibility index (Phi) is 6.39. The Hall–Kier alpha value is -3.48. The van der Waals surface area contributed by atoms with Crippen LogP contribution in [0.25, 0.3) is 10.8 Å². The molecule has 1 aromatic heterocycles. The summed E-state index contributed by atoms with van der Waals surface area (Å²) in [6, 6.07) is 11.5. The number of amides is 2. The number of benzene rings is 2. The van der Waals surface area contributed by atoms with E-state index in [2.05, 4.69) is 20.9 Å². The second-order valence-corrected chi connectivity index (χ2v) is 6.79. The summed E-state index contributed by atoms with van der Waals surface area (Å²) in [6.07, 6.45) is 4.04. The van der Waals surface area contributed by atoms with Crippen LogP contribution in [0, 0.1) is 11.7 Å². The number of anilines is 3. The molecular weight excluding hydrogens is 371 g/mol. The van der Waals surface area contributed by atoms with Crippen LogP contribution >= 0.6 is 0 Å². The molecule has 3 N–H and O–H groups in total. The van der Waals surface area contributed by atoms with Gasteiger partial charge in [-0.25, -0.2) is 4.39 Å². The summed E-state index contributed by atoms with van der Waals surface area (Å²) >= 11 is 0. The topological polar surface area (TPSA) is 83.1 Å². The van der Waals surface area contributed by atoms with E-state index in [1.807, 2.05) is 26.0 Å². The number of hydrogen-bond donors (Lipinski definition) is 3. The van der Waals surface area contributed by atoms with Gasteiger partial charge < -0.3 is 16.0 Å². The zero-order valence-electron chi connectivity index (χ0n) is 16.3. The number of pyridine rings is 1. The molecule has 1 unspecified atom stereocenters. The molecular formula is C22H23FN4O2. The van der Waals surface area contributed by atoms with Gasteiger partial charge in [0.05, 0.1) is 12.2 Å². The zero-order chi connectivity index (χ0) is 20.8. The van der Waals surface area contributed by atoms with E-state index < -0.39 is 0 Å². The van der Waals surface area contributed by atoms with Crippen molar-refractivity contribution in [3.05, 3.63) is 60.7 Å². The molecule has 1 heterocycles. The van der Waals surface area contributed by atoms with Crippen molar-refractivity contribution in [3.8, 4) is 0 Å². The molecule has 2 amide bonds. The van der Waals surface area contributed by atoms with Gasteiger partial charge in [-0.15, -0.1) is 0 Å². The summed E-state index contributed by atoms with van der Waals surface area (Å²) in [4.78, 5) is 28.3. The number of nitrogens with one attached hydrogen (secondary N) is 3. The number of halogens is 1. The first-order valence-electron chi connectivity index (χ1n) is 9.44. The molecule has 0 saturated carbocycles. The SMILES string of the molecule is CCC(C)C(=O)NCC(=O)Nc1ccc(Nc2ccc(F)cc2)c2ccncc12. The van der Waals surface area contributed by atoms with Crippen LogP contribution in [0.3, 0.4) is 0 Å². The van der Waals surface area contributed by atoms with Crippen molar-refractivity contribution >= 4 is 39.6 Å². The molecule has 2 aromatic carbocycles. The maximum absolute atomic E-state index is 13.1. The lowest BCUT2D eigenvalue weighted by atomic mass is 10.1. The summed E-state index contributed by atoms with van der Waals surface area (Å²) < 4.78 is 13.1. The fourth-order valence-electron chi connectivity index (χ4n) is 2.82. The summed E-state index contributed by atoms with van der Waals surface area (Å²) in [5, 5.41) is 10.3. The lowest BCUT2D eigenvalue weighted by molar-refractivity contribution is -0.126. The number of aromatic nitrogens is 1. The molecule has 3 rings (SSSR count). The summed E-state index contributed by atoms with van der Waals surface area (Å²) in [5.41, 5.74) is 2.15. The molecule has 0 aliphatic carbocycles. The molecule has 29 heavy (non-hydrogen) atoms. The largest absolute Gasteiger partial charge is 0.355 e. The Morgan fingerprint density at radius 2 is 1.76 bits per heavy atom. The molecule has 1 atom stereocenters. The van der Waals surface area contributed by atoms with Crippen molar-refractivity contribution in [1.82, 2.24) is 10.3 Å². The van der Waals surface area contributed by atoms with Gasteiger partial charge in [0, 0.05) is 40.5 Å². The van der Waals surface area contributed by atoms with Crippen molar-refractivity contribution in [2.45, 2.75) is 20.3 Å². The number of fused-ring (bicyclic) bond motifs is 1. The number of carbonyl (C=O) groups is 2. The van der Waals surface area contributed by atoms with Gasteiger partial charge in [0.25, 0.3) is 0 Å². The predicted octanol–water partition coefficient (Wildman–Crippen LogP) is 4.22. The Morgan fingerprint density at radius 1 is 1.03 bits per heavy atom. The molecule has 0 fully saturated rings. The minimum atomic E-state index is -0.314. The second kappa shape index (κ2) is 9.14. The lowest BCUT2D eigenvalue weighted by Crippen LogP contribution is -2.35. The van der Waals surface area contributed by atoms with E-state index in [0.717, 1.165) is 22.1 Å². The lowest BCUT2D eigenvalue weighted by Gasteiger charge is -2.14. The normalized spacial score (nSPS) is 11.7. The highest BCUT2D eigenvalue weighted by molar-refractivity contribution is 6.07. The van der Waals surface area contributed by atoms with Crippen molar-refractivity contribution in [2.75, 3.05) is 17.2 Å². The molecule has 0 aliphatic rings. The fourth-order valence-corrected chi connectivity index (χ4v) is 2.82. The number of carbonyl (C=O) groups excluding carboxylic acids is 2. The van der Waals surface area contributed by atoms with Gasteiger partial charge in [0.15, 0.2) is 0 Å². The van der Waals surface area contributed by atoms with Crippen LogP contribution in [0.15, 0.2) is 54.9 Å². The monoisotopic (exact) mass is 394 g/mol. The van der Waals surface area contributed by atoms with E-state index in [0.29, 0.717) is 12.1 Å². The standard InChI is InChI=1S/C22H23FN4O2/c1-3-14(2)22(29)25-13-21(28)27-20-9-8-19(17-10-11-24-12-18(17)20)26-16-6-4-15(23)5-7-16/h4-12,14,26H,3,13H2,1-2H3,(H,25,29)(H,27,28). The van der Waals surface area contributed by atoms with Crippen LogP contribution in [0.2, 0.25) is 0 Å². The average molecular weight is 394 g/mol. The predicted molar refractivity (Wildman–Crippen MR) is 113 cm³/mol. The molecule has 6 nitrogen and oxygen atoms in total. The zero-order valence-corrected chi connectivity index (χ0v) is 16.3. The van der Waals surface area contributed by atoms with Gasteiger partial charge in [0.2, 0.25) is 11.8 Å². The minimum Gasteiger partial charge on any atom is -0.355 e. The molecule has 0 radical (unpaired) electrons. The van der Waals surface area contributed by atoms with Crippen molar-refractivity contribution in [1.29, 1.82) is 0 Å². The summed E-state index contributed by atoms with van der Waals surface area (Å²) in [5.74, 6) is -0.896. The number of rotatable bonds is 7. The van der Waals surface area contributed by atoms with Crippen LogP contribution in [0.5, 0.6) is 0 Å².